The summed E-state index contributed by atoms with van der Waals surface area (Å²) < 4.78 is 0. The molecule has 0 radical (unpaired) electrons. The number of phenols is 1. The topological polar surface area (TPSA) is 45.1 Å². The maximum absolute atomic E-state index is 9.91. The first-order valence-corrected chi connectivity index (χ1v) is 6.50. The number of phenolic OH excluding ortho intramolecular Hbond substituents is 1. The van der Waals surface area contributed by atoms with Crippen LogP contribution in [0.3, 0.4) is 0 Å². The Morgan fingerprint density at radius 2 is 2.05 bits per heavy atom. The van der Waals surface area contributed by atoms with E-state index in [0.29, 0.717) is 5.75 Å². The molecule has 0 aliphatic heterocycles. The van der Waals surface area contributed by atoms with Crippen LogP contribution in [0.2, 0.25) is 0 Å². The summed E-state index contributed by atoms with van der Waals surface area (Å²) in [5.41, 5.74) is 4.50. The number of hydrogen-bond donors (Lipinski definition) is 2. The molecule has 3 heteroatoms. The van der Waals surface area contributed by atoms with Crippen molar-refractivity contribution in [3.05, 3.63) is 58.9 Å². The van der Waals surface area contributed by atoms with E-state index in [-0.39, 0.29) is 6.04 Å². The van der Waals surface area contributed by atoms with E-state index in [1.54, 1.807) is 12.3 Å². The van der Waals surface area contributed by atoms with E-state index in [1.165, 1.54) is 11.1 Å². The second-order valence-electron chi connectivity index (χ2n) is 4.97. The quantitative estimate of drug-likeness (QED) is 0.882. The molecule has 2 rings (SSSR count). The van der Waals surface area contributed by atoms with Gasteiger partial charge < -0.3 is 10.4 Å². The number of aryl methyl sites for hydroxylation is 2. The van der Waals surface area contributed by atoms with Crippen LogP contribution in [0.5, 0.6) is 5.75 Å². The molecule has 3 nitrogen and oxygen atoms in total. The zero-order valence-corrected chi connectivity index (χ0v) is 11.6. The molecule has 0 fully saturated rings. The van der Waals surface area contributed by atoms with Crippen LogP contribution in [0, 0.1) is 13.8 Å². The summed E-state index contributed by atoms with van der Waals surface area (Å²) in [7, 11) is 0. The van der Waals surface area contributed by atoms with E-state index in [9.17, 15) is 5.11 Å². The summed E-state index contributed by atoms with van der Waals surface area (Å²) in [4.78, 5) is 4.09. The van der Waals surface area contributed by atoms with E-state index >= 15 is 0 Å². The Balaban J connectivity index is 2.07. The second kappa shape index (κ2) is 5.85. The molecule has 0 aliphatic rings. The molecule has 0 saturated carbocycles. The molecule has 19 heavy (non-hydrogen) atoms. The lowest BCUT2D eigenvalue weighted by Crippen LogP contribution is -2.18. The predicted octanol–water partition coefficient (Wildman–Crippen LogP) is 3.25. The van der Waals surface area contributed by atoms with Crippen LogP contribution in [0.25, 0.3) is 0 Å². The molecule has 1 aromatic heterocycles. The maximum Gasteiger partial charge on any atom is 0.120 e. The van der Waals surface area contributed by atoms with Crippen LogP contribution in [-0.4, -0.2) is 10.1 Å². The monoisotopic (exact) mass is 256 g/mol. The van der Waals surface area contributed by atoms with Gasteiger partial charge in [0.1, 0.15) is 5.75 Å². The lowest BCUT2D eigenvalue weighted by molar-refractivity contribution is 0.452. The van der Waals surface area contributed by atoms with Gasteiger partial charge in [-0.2, -0.15) is 0 Å². The van der Waals surface area contributed by atoms with Crippen LogP contribution >= 0.6 is 0 Å². The molecular formula is C16H20N2O. The van der Waals surface area contributed by atoms with Gasteiger partial charge in [-0.05, 0) is 44.0 Å². The summed E-state index contributed by atoms with van der Waals surface area (Å²) in [6.45, 7) is 6.91. The fraction of sp³-hybridized carbons (Fsp3) is 0.312. The van der Waals surface area contributed by atoms with Gasteiger partial charge in [0.15, 0.2) is 0 Å². The van der Waals surface area contributed by atoms with Crippen LogP contribution < -0.4 is 5.32 Å². The fourth-order valence-electron chi connectivity index (χ4n) is 2.09. The average Bonchev–Trinajstić information content (AvgIpc) is 2.40. The molecule has 0 amide bonds. The number of nitrogens with zero attached hydrogens (tertiary/aromatic N) is 1. The third-order valence-corrected chi connectivity index (χ3v) is 3.38. The van der Waals surface area contributed by atoms with E-state index in [0.717, 1.165) is 17.7 Å². The first kappa shape index (κ1) is 13.6. The molecule has 2 N–H and O–H groups in total. The highest BCUT2D eigenvalue weighted by Gasteiger charge is 2.10. The molecule has 1 heterocycles. The minimum Gasteiger partial charge on any atom is -0.508 e. The predicted molar refractivity (Wildman–Crippen MR) is 77.1 cm³/mol. The zero-order chi connectivity index (χ0) is 13.8. The van der Waals surface area contributed by atoms with Crippen molar-refractivity contribution in [1.82, 2.24) is 10.3 Å². The van der Waals surface area contributed by atoms with E-state index < -0.39 is 0 Å². The first-order valence-electron chi connectivity index (χ1n) is 6.50. The molecule has 100 valence electrons. The highest BCUT2D eigenvalue weighted by atomic mass is 16.3. The van der Waals surface area contributed by atoms with Crippen molar-refractivity contribution in [2.24, 2.45) is 0 Å². The van der Waals surface area contributed by atoms with Gasteiger partial charge in [-0.25, -0.2) is 0 Å². The minimum atomic E-state index is 0.104. The Morgan fingerprint density at radius 3 is 2.79 bits per heavy atom. The third-order valence-electron chi connectivity index (χ3n) is 3.38. The van der Waals surface area contributed by atoms with E-state index in [2.05, 4.69) is 24.1 Å². The largest absolute Gasteiger partial charge is 0.508 e. The second-order valence-corrected chi connectivity index (χ2v) is 4.97. The fourth-order valence-corrected chi connectivity index (χ4v) is 2.09. The highest BCUT2D eigenvalue weighted by Crippen LogP contribution is 2.25. The van der Waals surface area contributed by atoms with Crippen molar-refractivity contribution < 1.29 is 5.11 Å². The third kappa shape index (κ3) is 3.32. The van der Waals surface area contributed by atoms with Crippen molar-refractivity contribution in [2.75, 3.05) is 0 Å². The van der Waals surface area contributed by atoms with Crippen molar-refractivity contribution in [1.29, 1.82) is 0 Å². The van der Waals surface area contributed by atoms with Crippen molar-refractivity contribution in [3.63, 3.8) is 0 Å². The van der Waals surface area contributed by atoms with Crippen LogP contribution in [0.4, 0.5) is 0 Å². The van der Waals surface area contributed by atoms with Gasteiger partial charge in [-0.15, -0.1) is 0 Å². The molecule has 1 aromatic carbocycles. The average molecular weight is 256 g/mol. The normalized spacial score (nSPS) is 12.4. The van der Waals surface area contributed by atoms with Crippen molar-refractivity contribution >= 4 is 0 Å². The summed E-state index contributed by atoms with van der Waals surface area (Å²) in [6, 6.07) is 7.81. The van der Waals surface area contributed by atoms with E-state index in [4.69, 9.17) is 0 Å². The lowest BCUT2D eigenvalue weighted by Gasteiger charge is -2.17. The van der Waals surface area contributed by atoms with Gasteiger partial charge in [0.25, 0.3) is 0 Å². The number of hydrogen-bond acceptors (Lipinski definition) is 3. The van der Waals surface area contributed by atoms with Gasteiger partial charge in [-0.1, -0.05) is 17.7 Å². The molecule has 1 unspecified atom stereocenters. The standard InChI is InChI=1S/C16H20N2O/c1-11-4-5-16(19)15(8-11)13(3)18-10-14-6-7-17-9-12(14)2/h4-9,13,18-19H,10H2,1-3H3. The van der Waals surface area contributed by atoms with Gasteiger partial charge in [0, 0.05) is 30.5 Å². The van der Waals surface area contributed by atoms with Crippen molar-refractivity contribution in [2.45, 2.75) is 33.4 Å². The van der Waals surface area contributed by atoms with Crippen LogP contribution in [-0.2, 0) is 6.54 Å². The maximum atomic E-state index is 9.91. The van der Waals surface area contributed by atoms with Gasteiger partial charge in [0.2, 0.25) is 0 Å². The van der Waals surface area contributed by atoms with Gasteiger partial charge >= 0.3 is 0 Å². The Hall–Kier alpha value is -1.87. The molecular weight excluding hydrogens is 236 g/mol. The molecule has 1 atom stereocenters. The summed E-state index contributed by atoms with van der Waals surface area (Å²) in [5, 5.41) is 13.3. The highest BCUT2D eigenvalue weighted by molar-refractivity contribution is 5.37. The molecule has 0 bridgehead atoms. The number of benzene rings is 1. The number of nitrogens with one attached hydrogen (secondary N) is 1. The lowest BCUT2D eigenvalue weighted by atomic mass is 10.0. The van der Waals surface area contributed by atoms with Gasteiger partial charge in [-0.3, -0.25) is 4.98 Å². The summed E-state index contributed by atoms with van der Waals surface area (Å²) >= 11 is 0. The summed E-state index contributed by atoms with van der Waals surface area (Å²) in [5.74, 6) is 0.344. The number of aromatic nitrogens is 1. The van der Waals surface area contributed by atoms with Gasteiger partial charge in [0.05, 0.1) is 0 Å². The molecule has 2 aromatic rings. The number of aromatic hydroxyl groups is 1. The Bertz CT molecular complexity index is 566. The Kier molecular flexibility index (Phi) is 4.17. The minimum absolute atomic E-state index is 0.104. The van der Waals surface area contributed by atoms with Crippen molar-refractivity contribution in [3.8, 4) is 5.75 Å². The van der Waals surface area contributed by atoms with Crippen LogP contribution in [0.1, 0.15) is 35.2 Å². The summed E-state index contributed by atoms with van der Waals surface area (Å²) in [6.07, 6.45) is 3.67. The molecule has 0 spiro atoms. The number of rotatable bonds is 4. The smallest absolute Gasteiger partial charge is 0.120 e. The van der Waals surface area contributed by atoms with E-state index in [1.807, 2.05) is 31.3 Å². The molecule has 0 saturated heterocycles. The SMILES string of the molecule is Cc1ccc(O)c(C(C)NCc2ccncc2C)c1. The Labute approximate surface area is 114 Å². The Morgan fingerprint density at radius 1 is 1.26 bits per heavy atom. The first-order chi connectivity index (χ1) is 9.08. The van der Waals surface area contributed by atoms with Crippen LogP contribution in [0.15, 0.2) is 36.7 Å². The number of pyridine rings is 1. The molecule has 0 aliphatic carbocycles. The zero-order valence-electron chi connectivity index (χ0n) is 11.6.